The van der Waals surface area contributed by atoms with Crippen molar-refractivity contribution in [2.24, 2.45) is 5.73 Å². The van der Waals surface area contributed by atoms with E-state index in [1.54, 1.807) is 12.1 Å². The number of amides is 3. The second-order valence-electron chi connectivity index (χ2n) is 7.50. The largest absolute Gasteiger partial charge is 0.445 e. The Balaban J connectivity index is 1.43. The molecule has 4 N–H and O–H groups in total. The van der Waals surface area contributed by atoms with Gasteiger partial charge in [-0.1, -0.05) is 72.8 Å². The molecule has 33 heavy (non-hydrogen) atoms. The summed E-state index contributed by atoms with van der Waals surface area (Å²) in [7, 11) is 0. The first-order valence-electron chi connectivity index (χ1n) is 10.7. The molecule has 0 unspecified atom stereocenters. The van der Waals surface area contributed by atoms with Gasteiger partial charge in [0.2, 0.25) is 5.91 Å². The Labute approximate surface area is 193 Å². The predicted molar refractivity (Wildman–Crippen MR) is 126 cm³/mol. The lowest BCUT2D eigenvalue weighted by Crippen LogP contribution is -2.44. The molecule has 0 fully saturated rings. The molecule has 0 aliphatic rings. The molecule has 0 saturated carbocycles. The molecule has 7 heteroatoms. The average Bonchev–Trinajstić information content (AvgIpc) is 2.85. The van der Waals surface area contributed by atoms with Gasteiger partial charge in [-0.15, -0.1) is 0 Å². The normalized spacial score (nSPS) is 11.3. The topological polar surface area (TPSA) is 111 Å². The van der Waals surface area contributed by atoms with Crippen molar-refractivity contribution in [1.82, 2.24) is 10.6 Å². The molecule has 170 valence electrons. The lowest BCUT2D eigenvalue weighted by Gasteiger charge is -2.16. The van der Waals surface area contributed by atoms with Crippen LogP contribution in [0.5, 0.6) is 0 Å². The molecule has 0 saturated heterocycles. The average molecular weight is 446 g/mol. The summed E-state index contributed by atoms with van der Waals surface area (Å²) in [5.74, 6) is -1.01. The van der Waals surface area contributed by atoms with E-state index in [1.807, 2.05) is 72.8 Å². The Hall–Kier alpha value is -4.13. The number of hydrogen-bond acceptors (Lipinski definition) is 4. The molecule has 0 bridgehead atoms. The third-order valence-electron chi connectivity index (χ3n) is 5.05. The number of carbonyl (C=O) groups is 3. The monoisotopic (exact) mass is 445 g/mol. The fourth-order valence-electron chi connectivity index (χ4n) is 3.24. The lowest BCUT2D eigenvalue weighted by atomic mass is 10.0. The van der Waals surface area contributed by atoms with E-state index in [0.29, 0.717) is 24.9 Å². The number of nitrogens with two attached hydrogens (primary N) is 1. The summed E-state index contributed by atoms with van der Waals surface area (Å²) < 4.78 is 5.14. The quantitative estimate of drug-likeness (QED) is 0.414. The minimum atomic E-state index is -0.839. The van der Waals surface area contributed by atoms with E-state index >= 15 is 0 Å². The second kappa shape index (κ2) is 12.0. The second-order valence-corrected chi connectivity index (χ2v) is 7.50. The van der Waals surface area contributed by atoms with Crippen molar-refractivity contribution in [2.45, 2.75) is 25.5 Å². The number of hydrogen-bond donors (Lipinski definition) is 3. The third-order valence-corrected chi connectivity index (χ3v) is 5.05. The Morgan fingerprint density at radius 2 is 1.42 bits per heavy atom. The number of benzene rings is 3. The zero-order valence-electron chi connectivity index (χ0n) is 18.2. The summed E-state index contributed by atoms with van der Waals surface area (Å²) in [6.45, 7) is 0.467. The molecule has 0 spiro atoms. The summed E-state index contributed by atoms with van der Waals surface area (Å²) in [6.07, 6.45) is 0.195. The number of ether oxygens (including phenoxy) is 1. The van der Waals surface area contributed by atoms with E-state index in [1.165, 1.54) is 0 Å². The minimum absolute atomic E-state index is 0.176. The van der Waals surface area contributed by atoms with Crippen LogP contribution in [-0.4, -0.2) is 30.5 Å². The van der Waals surface area contributed by atoms with Crippen LogP contribution in [0.25, 0.3) is 11.1 Å². The van der Waals surface area contributed by atoms with Gasteiger partial charge in [0.05, 0.1) is 0 Å². The van der Waals surface area contributed by atoms with Crippen LogP contribution in [0, 0.1) is 0 Å². The smallest absolute Gasteiger partial charge is 0.407 e. The molecule has 3 aromatic rings. The van der Waals surface area contributed by atoms with Crippen LogP contribution in [0.4, 0.5) is 4.79 Å². The number of primary amides is 1. The molecule has 0 aromatic heterocycles. The van der Waals surface area contributed by atoms with Gasteiger partial charge in [0.15, 0.2) is 0 Å². The maximum Gasteiger partial charge on any atom is 0.407 e. The van der Waals surface area contributed by atoms with Gasteiger partial charge in [0.25, 0.3) is 5.91 Å². The van der Waals surface area contributed by atoms with E-state index in [2.05, 4.69) is 10.6 Å². The fraction of sp³-hybridized carbons (Fsp3) is 0.192. The van der Waals surface area contributed by atoms with Gasteiger partial charge in [-0.2, -0.15) is 0 Å². The van der Waals surface area contributed by atoms with Crippen molar-refractivity contribution in [3.8, 4) is 11.1 Å². The van der Waals surface area contributed by atoms with Gasteiger partial charge >= 0.3 is 6.09 Å². The molecule has 3 amide bonds. The highest BCUT2D eigenvalue weighted by Crippen LogP contribution is 2.19. The number of alkyl carbamates (subject to hydrolysis) is 1. The fourth-order valence-corrected chi connectivity index (χ4v) is 3.24. The maximum absolute atomic E-state index is 12.6. The van der Waals surface area contributed by atoms with E-state index < -0.39 is 18.0 Å². The first kappa shape index (κ1) is 23.5. The summed E-state index contributed by atoms with van der Waals surface area (Å²) in [6, 6.07) is 25.5. The van der Waals surface area contributed by atoms with Crippen LogP contribution in [0.15, 0.2) is 84.9 Å². The molecule has 0 radical (unpaired) electrons. The number of rotatable bonds is 10. The zero-order valence-corrected chi connectivity index (χ0v) is 18.2. The Morgan fingerprint density at radius 1 is 0.818 bits per heavy atom. The SMILES string of the molecule is NC(=O)[C@H](CCCNC(=O)OCc1ccccc1)NC(=O)c1ccc(-c2ccccc2)cc1. The van der Waals surface area contributed by atoms with Gasteiger partial charge in [-0.3, -0.25) is 9.59 Å². The maximum atomic E-state index is 12.6. The van der Waals surface area contributed by atoms with Crippen molar-refractivity contribution in [2.75, 3.05) is 6.54 Å². The number of carbonyl (C=O) groups excluding carboxylic acids is 3. The van der Waals surface area contributed by atoms with Crippen molar-refractivity contribution in [1.29, 1.82) is 0 Å². The van der Waals surface area contributed by atoms with Crippen molar-refractivity contribution >= 4 is 17.9 Å². The Morgan fingerprint density at radius 3 is 2.06 bits per heavy atom. The van der Waals surface area contributed by atoms with Crippen LogP contribution in [0.3, 0.4) is 0 Å². The van der Waals surface area contributed by atoms with Gasteiger partial charge in [0.1, 0.15) is 12.6 Å². The third kappa shape index (κ3) is 7.50. The summed E-state index contributed by atoms with van der Waals surface area (Å²) >= 11 is 0. The van der Waals surface area contributed by atoms with Crippen molar-refractivity contribution < 1.29 is 19.1 Å². The molecule has 0 aliphatic carbocycles. The highest BCUT2D eigenvalue weighted by atomic mass is 16.5. The summed E-state index contributed by atoms with van der Waals surface area (Å²) in [4.78, 5) is 36.1. The molecule has 7 nitrogen and oxygen atoms in total. The molecule has 1 atom stereocenters. The molecular weight excluding hydrogens is 418 g/mol. The lowest BCUT2D eigenvalue weighted by molar-refractivity contribution is -0.120. The van der Waals surface area contributed by atoms with Crippen LogP contribution < -0.4 is 16.4 Å². The Kier molecular flexibility index (Phi) is 8.59. The highest BCUT2D eigenvalue weighted by Gasteiger charge is 2.19. The zero-order chi connectivity index (χ0) is 23.5. The first-order chi connectivity index (χ1) is 16.0. The van der Waals surface area contributed by atoms with E-state index in [0.717, 1.165) is 16.7 Å². The van der Waals surface area contributed by atoms with Gasteiger partial charge in [0, 0.05) is 12.1 Å². The van der Waals surface area contributed by atoms with Crippen LogP contribution in [0.2, 0.25) is 0 Å². The van der Waals surface area contributed by atoms with Crippen LogP contribution in [-0.2, 0) is 16.1 Å². The van der Waals surface area contributed by atoms with Crippen molar-refractivity contribution in [3.05, 3.63) is 96.1 Å². The Bertz CT molecular complexity index is 1050. The van der Waals surface area contributed by atoms with Crippen LogP contribution >= 0.6 is 0 Å². The first-order valence-corrected chi connectivity index (χ1v) is 10.7. The summed E-state index contributed by atoms with van der Waals surface area (Å²) in [5, 5.41) is 5.30. The van der Waals surface area contributed by atoms with Gasteiger partial charge < -0.3 is 21.1 Å². The molecule has 0 aliphatic heterocycles. The molecule has 3 rings (SSSR count). The van der Waals surface area contributed by atoms with Gasteiger partial charge in [-0.25, -0.2) is 4.79 Å². The van der Waals surface area contributed by atoms with E-state index in [-0.39, 0.29) is 12.5 Å². The summed E-state index contributed by atoms with van der Waals surface area (Å²) in [5.41, 5.74) is 8.82. The van der Waals surface area contributed by atoms with Gasteiger partial charge in [-0.05, 0) is 41.7 Å². The molecular formula is C26H27N3O4. The standard InChI is InChI=1S/C26H27N3O4/c27-24(30)23(12-7-17-28-26(32)33-18-19-8-3-1-4-9-19)29-25(31)22-15-13-21(14-16-22)20-10-5-2-6-11-20/h1-6,8-11,13-16,23H,7,12,17-18H2,(H2,27,30)(H,28,32)(H,29,31)/t23-/m0/s1. The number of nitrogens with one attached hydrogen (secondary N) is 2. The molecule has 0 heterocycles. The predicted octanol–water partition coefficient (Wildman–Crippen LogP) is 3.64. The van der Waals surface area contributed by atoms with E-state index in [4.69, 9.17) is 10.5 Å². The minimum Gasteiger partial charge on any atom is -0.445 e. The van der Waals surface area contributed by atoms with Crippen LogP contribution in [0.1, 0.15) is 28.8 Å². The molecule has 3 aromatic carbocycles. The highest BCUT2D eigenvalue weighted by molar-refractivity contribution is 5.97. The van der Waals surface area contributed by atoms with Crippen molar-refractivity contribution in [3.63, 3.8) is 0 Å². The van der Waals surface area contributed by atoms with E-state index in [9.17, 15) is 14.4 Å².